The molecule has 2 N–H and O–H groups in total. The summed E-state index contributed by atoms with van der Waals surface area (Å²) < 4.78 is 1.90. The van der Waals surface area contributed by atoms with Crippen molar-refractivity contribution in [3.8, 4) is 0 Å². The molecule has 0 aliphatic carbocycles. The maximum Gasteiger partial charge on any atom is 0.237 e. The van der Waals surface area contributed by atoms with Crippen LogP contribution < -0.4 is 0 Å². The van der Waals surface area contributed by atoms with Crippen molar-refractivity contribution in [2.24, 2.45) is 0 Å². The Bertz CT molecular complexity index is 523. The van der Waals surface area contributed by atoms with Gasteiger partial charge in [0, 0.05) is 26.2 Å². The Labute approximate surface area is 130 Å². The normalized spacial score (nSPS) is 20.7. The Morgan fingerprint density at radius 1 is 1.27 bits per heavy atom. The molecule has 1 amide bonds. The summed E-state index contributed by atoms with van der Waals surface area (Å²) in [5.41, 5.74) is 1.65. The fourth-order valence-electron chi connectivity index (χ4n) is 3.18. The molecule has 0 atom stereocenters. The summed E-state index contributed by atoms with van der Waals surface area (Å²) in [4.78, 5) is 16.5. The number of aliphatic hydroxyl groups excluding tert-OH is 2. The highest BCUT2D eigenvalue weighted by Gasteiger charge is 2.24. The lowest BCUT2D eigenvalue weighted by atomic mass is 10.1. The van der Waals surface area contributed by atoms with Gasteiger partial charge in [-0.1, -0.05) is 0 Å². The van der Waals surface area contributed by atoms with E-state index in [1.807, 2.05) is 15.6 Å². The van der Waals surface area contributed by atoms with Crippen molar-refractivity contribution in [3.63, 3.8) is 0 Å². The lowest BCUT2D eigenvalue weighted by molar-refractivity contribution is -0.133. The van der Waals surface area contributed by atoms with Gasteiger partial charge in [-0.15, -0.1) is 0 Å². The van der Waals surface area contributed by atoms with Crippen LogP contribution >= 0.6 is 0 Å². The predicted octanol–water partition coefficient (Wildman–Crippen LogP) is -0.436. The van der Waals surface area contributed by atoms with E-state index in [0.29, 0.717) is 18.8 Å². The van der Waals surface area contributed by atoms with E-state index in [2.05, 4.69) is 10.00 Å². The van der Waals surface area contributed by atoms with E-state index in [-0.39, 0.29) is 18.6 Å². The van der Waals surface area contributed by atoms with Crippen LogP contribution in [0.4, 0.5) is 0 Å². The first-order valence-electron chi connectivity index (χ1n) is 8.00. The van der Waals surface area contributed by atoms with Crippen LogP contribution in [0.5, 0.6) is 0 Å². The summed E-state index contributed by atoms with van der Waals surface area (Å²) >= 11 is 0. The van der Waals surface area contributed by atoms with Crippen LogP contribution in [0.25, 0.3) is 0 Å². The van der Waals surface area contributed by atoms with E-state index >= 15 is 0 Å². The van der Waals surface area contributed by atoms with Gasteiger partial charge >= 0.3 is 0 Å². The summed E-state index contributed by atoms with van der Waals surface area (Å²) in [7, 11) is 0. The van der Waals surface area contributed by atoms with Crippen molar-refractivity contribution in [1.82, 2.24) is 19.6 Å². The van der Waals surface area contributed by atoms with Crippen LogP contribution in [0.2, 0.25) is 0 Å². The van der Waals surface area contributed by atoms with E-state index < -0.39 is 0 Å². The molecule has 1 fully saturated rings. The Kier molecular flexibility index (Phi) is 4.75. The number of hydrogen-bond acceptors (Lipinski definition) is 5. The van der Waals surface area contributed by atoms with Gasteiger partial charge in [-0.3, -0.25) is 14.4 Å². The van der Waals surface area contributed by atoms with Gasteiger partial charge in [0.1, 0.15) is 0 Å². The van der Waals surface area contributed by atoms with Crippen molar-refractivity contribution in [2.75, 3.05) is 26.2 Å². The Balaban J connectivity index is 1.60. The van der Waals surface area contributed by atoms with E-state index in [1.165, 1.54) is 0 Å². The van der Waals surface area contributed by atoms with Gasteiger partial charge in [-0.2, -0.15) is 5.10 Å². The molecule has 1 aromatic rings. The van der Waals surface area contributed by atoms with Gasteiger partial charge in [0.05, 0.1) is 37.2 Å². The highest BCUT2D eigenvalue weighted by Crippen LogP contribution is 2.15. The van der Waals surface area contributed by atoms with Gasteiger partial charge in [-0.25, -0.2) is 0 Å². The quantitative estimate of drug-likeness (QED) is 0.791. The maximum absolute atomic E-state index is 12.5. The summed E-state index contributed by atoms with van der Waals surface area (Å²) in [6.07, 6.45) is 2.17. The topological polar surface area (TPSA) is 81.8 Å². The SMILES string of the molecule is O=C(CN1CCC(O)CC1)N1CCCn2nc(CO)cc2C1. The molecule has 122 valence electrons. The Morgan fingerprint density at radius 2 is 2.05 bits per heavy atom. The molecule has 7 nitrogen and oxygen atoms in total. The standard InChI is InChI=1S/C15H24N4O3/c20-11-12-8-13-9-18(4-1-5-19(13)16-12)15(22)10-17-6-2-14(21)3-7-17/h8,14,20-21H,1-7,9-11H2. The van der Waals surface area contributed by atoms with Crippen molar-refractivity contribution >= 4 is 5.91 Å². The maximum atomic E-state index is 12.5. The molecule has 0 spiro atoms. The molecule has 1 saturated heterocycles. The fraction of sp³-hybridized carbons (Fsp3) is 0.733. The summed E-state index contributed by atoms with van der Waals surface area (Å²) in [6.45, 7) is 4.02. The zero-order valence-electron chi connectivity index (χ0n) is 12.8. The second-order valence-electron chi connectivity index (χ2n) is 6.18. The molecule has 0 saturated carbocycles. The fourth-order valence-corrected chi connectivity index (χ4v) is 3.18. The van der Waals surface area contributed by atoms with E-state index in [9.17, 15) is 15.0 Å². The number of hydrogen-bond donors (Lipinski definition) is 2. The average Bonchev–Trinajstić information content (AvgIpc) is 2.80. The smallest absolute Gasteiger partial charge is 0.237 e. The molecule has 2 aliphatic rings. The van der Waals surface area contributed by atoms with Gasteiger partial charge < -0.3 is 15.1 Å². The number of aromatic nitrogens is 2. The first-order chi connectivity index (χ1) is 10.7. The average molecular weight is 308 g/mol. The minimum Gasteiger partial charge on any atom is -0.393 e. The number of nitrogens with zero attached hydrogens (tertiary/aromatic N) is 4. The third-order valence-electron chi connectivity index (χ3n) is 4.50. The predicted molar refractivity (Wildman–Crippen MR) is 79.9 cm³/mol. The zero-order valence-corrected chi connectivity index (χ0v) is 12.8. The van der Waals surface area contributed by atoms with Crippen molar-refractivity contribution in [2.45, 2.75) is 45.1 Å². The monoisotopic (exact) mass is 308 g/mol. The van der Waals surface area contributed by atoms with Crippen LogP contribution in [0.1, 0.15) is 30.7 Å². The number of amides is 1. The van der Waals surface area contributed by atoms with E-state index in [0.717, 1.165) is 51.1 Å². The number of rotatable bonds is 3. The molecule has 1 aromatic heterocycles. The van der Waals surface area contributed by atoms with Crippen LogP contribution in [0.3, 0.4) is 0 Å². The van der Waals surface area contributed by atoms with Gasteiger partial charge in [0.2, 0.25) is 5.91 Å². The molecule has 2 aliphatic heterocycles. The third kappa shape index (κ3) is 3.48. The molecule has 0 radical (unpaired) electrons. The Morgan fingerprint density at radius 3 is 2.77 bits per heavy atom. The second-order valence-corrected chi connectivity index (χ2v) is 6.18. The molecule has 3 rings (SSSR count). The lowest BCUT2D eigenvalue weighted by Gasteiger charge is -2.31. The summed E-state index contributed by atoms with van der Waals surface area (Å²) in [6, 6.07) is 1.88. The van der Waals surface area contributed by atoms with Crippen molar-refractivity contribution in [3.05, 3.63) is 17.5 Å². The Hall–Kier alpha value is -1.44. The largest absolute Gasteiger partial charge is 0.393 e. The van der Waals surface area contributed by atoms with Crippen LogP contribution in [-0.4, -0.2) is 68.0 Å². The van der Waals surface area contributed by atoms with Crippen LogP contribution in [0.15, 0.2) is 6.07 Å². The summed E-state index contributed by atoms with van der Waals surface area (Å²) in [5.74, 6) is 0.136. The highest BCUT2D eigenvalue weighted by molar-refractivity contribution is 5.78. The highest BCUT2D eigenvalue weighted by atomic mass is 16.3. The first-order valence-corrected chi connectivity index (χ1v) is 8.00. The van der Waals surface area contributed by atoms with Crippen molar-refractivity contribution < 1.29 is 15.0 Å². The van der Waals surface area contributed by atoms with Crippen LogP contribution in [-0.2, 0) is 24.5 Å². The number of fused-ring (bicyclic) bond motifs is 1. The lowest BCUT2D eigenvalue weighted by Crippen LogP contribution is -2.44. The first kappa shape index (κ1) is 15.5. The molecule has 0 aromatic carbocycles. The molecule has 7 heteroatoms. The number of carbonyl (C=O) groups is 1. The molecule has 0 unspecified atom stereocenters. The van der Waals surface area contributed by atoms with Crippen molar-refractivity contribution in [1.29, 1.82) is 0 Å². The number of carbonyl (C=O) groups excluding carboxylic acids is 1. The van der Waals surface area contributed by atoms with Gasteiger partial charge in [-0.05, 0) is 25.3 Å². The molecule has 22 heavy (non-hydrogen) atoms. The van der Waals surface area contributed by atoms with Crippen LogP contribution in [0, 0.1) is 0 Å². The molecule has 0 bridgehead atoms. The number of aryl methyl sites for hydroxylation is 1. The second kappa shape index (κ2) is 6.76. The minimum atomic E-state index is -0.212. The third-order valence-corrected chi connectivity index (χ3v) is 4.50. The molecular formula is C15H24N4O3. The number of piperidine rings is 1. The van der Waals surface area contributed by atoms with Gasteiger partial charge in [0.15, 0.2) is 0 Å². The minimum absolute atomic E-state index is 0.0654. The van der Waals surface area contributed by atoms with Gasteiger partial charge in [0.25, 0.3) is 0 Å². The van der Waals surface area contributed by atoms with E-state index in [4.69, 9.17) is 0 Å². The summed E-state index contributed by atoms with van der Waals surface area (Å²) in [5, 5.41) is 23.1. The zero-order chi connectivity index (χ0) is 15.5. The number of likely N-dealkylation sites (tertiary alicyclic amines) is 1. The molecular weight excluding hydrogens is 284 g/mol. The van der Waals surface area contributed by atoms with E-state index in [1.54, 1.807) is 0 Å². The number of aliphatic hydroxyl groups is 2. The molecule has 3 heterocycles.